The molecule has 1 heterocycles. The lowest BCUT2D eigenvalue weighted by Gasteiger charge is -2.55. The van der Waals surface area contributed by atoms with Crippen LogP contribution in [0.2, 0.25) is 0 Å². The number of nitrogens with zero attached hydrogens (tertiary/aromatic N) is 1. The van der Waals surface area contributed by atoms with Crippen LogP contribution in [0.4, 0.5) is 0 Å². The standard InChI is InChI=1S/C25H24N2O3/c28-22-18-5-1-3-7-20(18)27-24(30-23(29)19-6-2-4-8-21(19)26-22)25-12-15-9-16(13-25)11-17(10-15)14-25/h1-8,15-17H,9-14H2,(H,26,28). The molecule has 0 saturated heterocycles. The number of benzene rings is 2. The maximum Gasteiger partial charge on any atom is 0.346 e. The molecule has 3 aromatic rings. The van der Waals surface area contributed by atoms with E-state index in [4.69, 9.17) is 9.40 Å². The minimum Gasteiger partial charge on any atom is -0.407 e. The van der Waals surface area contributed by atoms with Crippen LogP contribution in [-0.2, 0) is 5.41 Å². The number of H-pyrrole nitrogens is 1. The van der Waals surface area contributed by atoms with E-state index in [2.05, 4.69) is 4.98 Å². The molecule has 1 aromatic heterocycles. The van der Waals surface area contributed by atoms with Crippen LogP contribution in [0.25, 0.3) is 21.8 Å². The number of hydrogen-bond acceptors (Lipinski definition) is 4. The van der Waals surface area contributed by atoms with Crippen molar-refractivity contribution in [2.75, 3.05) is 0 Å². The minimum atomic E-state index is -0.445. The van der Waals surface area contributed by atoms with Gasteiger partial charge in [-0.2, -0.15) is 0 Å². The summed E-state index contributed by atoms with van der Waals surface area (Å²) in [6, 6.07) is 14.3. The number of nitrogens with one attached hydrogen (secondary N) is 1. The molecule has 152 valence electrons. The summed E-state index contributed by atoms with van der Waals surface area (Å²) in [6.07, 6.45) is 6.97. The number of fused-ring (bicyclic) bond motifs is 2. The molecule has 0 spiro atoms. The molecule has 0 atom stereocenters. The van der Waals surface area contributed by atoms with Crippen LogP contribution >= 0.6 is 0 Å². The van der Waals surface area contributed by atoms with Crippen LogP contribution in [0.3, 0.4) is 0 Å². The SMILES string of the molecule is O=c1[nH]c2ccccc2c(=O)oc(C23CC4CC(CC(C4)C2)C3)nc2ccccc12. The fourth-order valence-corrected chi connectivity index (χ4v) is 6.60. The molecule has 0 unspecified atom stereocenters. The molecule has 4 saturated carbocycles. The third-order valence-electron chi connectivity index (χ3n) is 7.45. The number of aromatic amines is 1. The van der Waals surface area contributed by atoms with Crippen molar-refractivity contribution >= 4 is 21.8 Å². The van der Waals surface area contributed by atoms with Gasteiger partial charge in [0.05, 0.1) is 21.8 Å². The molecule has 2 aromatic carbocycles. The Kier molecular flexibility index (Phi) is 3.89. The van der Waals surface area contributed by atoms with E-state index < -0.39 is 5.63 Å². The lowest BCUT2D eigenvalue weighted by atomic mass is 9.49. The summed E-state index contributed by atoms with van der Waals surface area (Å²) in [5, 5.41) is 0.857. The predicted molar refractivity (Wildman–Crippen MR) is 116 cm³/mol. The molecule has 4 fully saturated rings. The summed E-state index contributed by atoms with van der Waals surface area (Å²) >= 11 is 0. The first-order chi connectivity index (χ1) is 14.6. The van der Waals surface area contributed by atoms with Crippen LogP contribution in [-0.4, -0.2) is 9.97 Å². The van der Waals surface area contributed by atoms with Gasteiger partial charge in [0.1, 0.15) is 0 Å². The Bertz CT molecular complexity index is 1300. The molecule has 30 heavy (non-hydrogen) atoms. The van der Waals surface area contributed by atoms with Gasteiger partial charge in [0.2, 0.25) is 5.89 Å². The fraction of sp³-hybridized carbons (Fsp3) is 0.400. The van der Waals surface area contributed by atoms with E-state index in [9.17, 15) is 9.59 Å². The number of hydrogen-bond donors (Lipinski definition) is 1. The van der Waals surface area contributed by atoms with Crippen molar-refractivity contribution in [3.8, 4) is 0 Å². The average Bonchev–Trinajstić information content (AvgIpc) is 2.72. The van der Waals surface area contributed by atoms with Crippen molar-refractivity contribution < 1.29 is 4.42 Å². The molecule has 0 amide bonds. The van der Waals surface area contributed by atoms with Gasteiger partial charge in [-0.15, -0.1) is 0 Å². The number of aromatic nitrogens is 2. The monoisotopic (exact) mass is 400 g/mol. The molecule has 1 N–H and O–H groups in total. The molecule has 4 aliphatic carbocycles. The summed E-state index contributed by atoms with van der Waals surface area (Å²) in [6.45, 7) is 0. The summed E-state index contributed by atoms with van der Waals surface area (Å²) in [7, 11) is 0. The lowest BCUT2D eigenvalue weighted by Crippen LogP contribution is -2.49. The third-order valence-corrected chi connectivity index (χ3v) is 7.45. The molecule has 7 rings (SSSR count). The second-order valence-electron chi connectivity index (χ2n) is 9.52. The highest BCUT2D eigenvalue weighted by Gasteiger charge is 2.53. The Balaban J connectivity index is 1.73. The topological polar surface area (TPSA) is 76.0 Å². The second kappa shape index (κ2) is 6.53. The lowest BCUT2D eigenvalue weighted by molar-refractivity contribution is -0.0191. The predicted octanol–water partition coefficient (Wildman–Crippen LogP) is 4.62. The van der Waals surface area contributed by atoms with E-state index in [1.807, 2.05) is 18.2 Å². The highest BCUT2D eigenvalue weighted by molar-refractivity contribution is 5.79. The van der Waals surface area contributed by atoms with E-state index in [0.717, 1.165) is 19.3 Å². The van der Waals surface area contributed by atoms with Gasteiger partial charge >= 0.3 is 5.63 Å². The van der Waals surface area contributed by atoms with Crippen LogP contribution in [0.1, 0.15) is 44.4 Å². The Morgan fingerprint density at radius 2 is 1.43 bits per heavy atom. The van der Waals surface area contributed by atoms with Gasteiger partial charge in [0.15, 0.2) is 0 Å². The van der Waals surface area contributed by atoms with E-state index >= 15 is 0 Å². The van der Waals surface area contributed by atoms with Crippen LogP contribution in [0.15, 0.2) is 62.5 Å². The third kappa shape index (κ3) is 2.79. The van der Waals surface area contributed by atoms with E-state index in [0.29, 0.717) is 45.5 Å². The van der Waals surface area contributed by atoms with Crippen molar-refractivity contribution in [3.63, 3.8) is 0 Å². The van der Waals surface area contributed by atoms with Gasteiger partial charge < -0.3 is 9.40 Å². The Morgan fingerprint density at radius 1 is 0.833 bits per heavy atom. The molecular weight excluding hydrogens is 376 g/mol. The molecular formula is C25H24N2O3. The Labute approximate surface area is 173 Å². The van der Waals surface area contributed by atoms with E-state index in [1.165, 1.54) is 19.3 Å². The fourth-order valence-electron chi connectivity index (χ4n) is 6.60. The molecule has 4 aliphatic rings. The van der Waals surface area contributed by atoms with Crippen molar-refractivity contribution in [1.82, 2.24) is 9.97 Å². The first kappa shape index (κ1) is 17.9. The number of para-hydroxylation sites is 2. The second-order valence-corrected chi connectivity index (χ2v) is 9.52. The first-order valence-electron chi connectivity index (χ1n) is 10.9. The summed E-state index contributed by atoms with van der Waals surface area (Å²) < 4.78 is 6.09. The molecule has 5 heteroatoms. The zero-order valence-electron chi connectivity index (χ0n) is 16.8. The summed E-state index contributed by atoms with van der Waals surface area (Å²) in [5.41, 5.74) is 0.130. The van der Waals surface area contributed by atoms with Crippen molar-refractivity contribution in [2.24, 2.45) is 17.8 Å². The van der Waals surface area contributed by atoms with Crippen LogP contribution in [0, 0.1) is 17.8 Å². The Hall–Kier alpha value is -2.95. The Morgan fingerprint density at radius 3 is 2.13 bits per heavy atom. The smallest absolute Gasteiger partial charge is 0.346 e. The summed E-state index contributed by atoms with van der Waals surface area (Å²) in [4.78, 5) is 33.9. The van der Waals surface area contributed by atoms with Gasteiger partial charge in [-0.1, -0.05) is 24.3 Å². The maximum atomic E-state index is 13.2. The zero-order valence-corrected chi connectivity index (χ0v) is 16.8. The average molecular weight is 400 g/mol. The maximum absolute atomic E-state index is 13.2. The van der Waals surface area contributed by atoms with Gasteiger partial charge in [-0.05, 0) is 80.5 Å². The van der Waals surface area contributed by atoms with Gasteiger partial charge in [0, 0.05) is 5.41 Å². The highest BCUT2D eigenvalue weighted by Crippen LogP contribution is 2.60. The zero-order chi connectivity index (χ0) is 20.3. The van der Waals surface area contributed by atoms with Gasteiger partial charge in [-0.25, -0.2) is 9.78 Å². The van der Waals surface area contributed by atoms with Crippen LogP contribution in [0.5, 0.6) is 0 Å². The quantitative estimate of drug-likeness (QED) is 0.647. The summed E-state index contributed by atoms with van der Waals surface area (Å²) in [5.74, 6) is 2.60. The molecule has 5 nitrogen and oxygen atoms in total. The van der Waals surface area contributed by atoms with Crippen molar-refractivity contribution in [3.05, 3.63) is 75.2 Å². The molecule has 0 aliphatic heterocycles. The molecule has 4 bridgehead atoms. The highest BCUT2D eigenvalue weighted by atomic mass is 16.4. The van der Waals surface area contributed by atoms with E-state index in [-0.39, 0.29) is 11.0 Å². The normalized spacial score (nSPS) is 29.3. The van der Waals surface area contributed by atoms with Gasteiger partial charge in [0.25, 0.3) is 5.56 Å². The largest absolute Gasteiger partial charge is 0.407 e. The van der Waals surface area contributed by atoms with Crippen molar-refractivity contribution in [2.45, 2.75) is 43.9 Å². The number of rotatable bonds is 1. The molecule has 0 radical (unpaired) electrons. The van der Waals surface area contributed by atoms with Crippen LogP contribution < -0.4 is 11.2 Å². The van der Waals surface area contributed by atoms with Gasteiger partial charge in [-0.3, -0.25) is 4.79 Å². The van der Waals surface area contributed by atoms with Crippen molar-refractivity contribution in [1.29, 1.82) is 0 Å². The first-order valence-corrected chi connectivity index (χ1v) is 10.9. The minimum absolute atomic E-state index is 0.192. The van der Waals surface area contributed by atoms with E-state index in [1.54, 1.807) is 30.3 Å².